The van der Waals surface area contributed by atoms with Crippen LogP contribution in [-0.4, -0.2) is 45.1 Å². The normalized spacial score (nSPS) is 17.0. The second-order valence-electron chi connectivity index (χ2n) is 6.35. The maximum atomic E-state index is 12.9. The van der Waals surface area contributed by atoms with Gasteiger partial charge in [0.15, 0.2) is 0 Å². The number of nitro groups is 1. The first-order valence-corrected chi connectivity index (χ1v) is 8.46. The molecule has 0 bridgehead atoms. The zero-order chi connectivity index (χ0) is 18.7. The zero-order valence-electron chi connectivity index (χ0n) is 14.7. The molecule has 0 radical (unpaired) electrons. The van der Waals surface area contributed by atoms with Crippen LogP contribution < -0.4 is 4.74 Å². The summed E-state index contributed by atoms with van der Waals surface area (Å²) in [6.45, 7) is 4.46. The number of carbonyl (C=O) groups is 1. The largest absolute Gasteiger partial charge is 0.471 e. The minimum Gasteiger partial charge on any atom is -0.471 e. The molecule has 1 atom stereocenters. The van der Waals surface area contributed by atoms with Gasteiger partial charge in [-0.3, -0.25) is 14.9 Å². The van der Waals surface area contributed by atoms with Gasteiger partial charge in [-0.15, -0.1) is 5.10 Å². The van der Waals surface area contributed by atoms with Crippen LogP contribution >= 0.6 is 0 Å². The number of ether oxygens (including phenoxy) is 1. The zero-order valence-corrected chi connectivity index (χ0v) is 14.7. The molecule has 1 aliphatic rings. The molecule has 3 rings (SSSR count). The third-order valence-corrected chi connectivity index (χ3v) is 4.46. The molecular formula is C18H20N4O4. The molecule has 8 heteroatoms. The molecule has 0 saturated carbocycles. The summed E-state index contributed by atoms with van der Waals surface area (Å²) in [5.41, 5.74) is 1.50. The monoisotopic (exact) mass is 356 g/mol. The van der Waals surface area contributed by atoms with Crippen molar-refractivity contribution in [2.45, 2.75) is 32.8 Å². The van der Waals surface area contributed by atoms with Crippen LogP contribution in [0.3, 0.4) is 0 Å². The Balaban J connectivity index is 1.73. The standard InChI is InChI=1S/C18H20N4O4/c1-12-8-9-17(20-19-12)26-14-5-4-10-21(11-14)18(23)15-6-3-7-16(13(15)2)22(24)25/h3,6-9,14H,4-5,10-11H2,1-2H3. The van der Waals surface area contributed by atoms with Gasteiger partial charge >= 0.3 is 0 Å². The molecule has 136 valence electrons. The summed E-state index contributed by atoms with van der Waals surface area (Å²) in [5.74, 6) is 0.218. The van der Waals surface area contributed by atoms with E-state index in [4.69, 9.17) is 4.74 Å². The summed E-state index contributed by atoms with van der Waals surface area (Å²) in [4.78, 5) is 25.2. The minimum absolute atomic E-state index is 0.0458. The maximum Gasteiger partial charge on any atom is 0.273 e. The van der Waals surface area contributed by atoms with Crippen LogP contribution in [0.5, 0.6) is 5.88 Å². The number of aromatic nitrogens is 2. The van der Waals surface area contributed by atoms with Crippen molar-refractivity contribution in [1.82, 2.24) is 15.1 Å². The summed E-state index contributed by atoms with van der Waals surface area (Å²) in [6, 6.07) is 8.15. The Morgan fingerprint density at radius 3 is 2.77 bits per heavy atom. The third-order valence-electron chi connectivity index (χ3n) is 4.46. The van der Waals surface area contributed by atoms with E-state index in [9.17, 15) is 14.9 Å². The van der Waals surface area contributed by atoms with E-state index in [-0.39, 0.29) is 17.7 Å². The summed E-state index contributed by atoms with van der Waals surface area (Å²) in [6.07, 6.45) is 1.43. The van der Waals surface area contributed by atoms with Crippen molar-refractivity contribution in [2.24, 2.45) is 0 Å². The highest BCUT2D eigenvalue weighted by Crippen LogP contribution is 2.24. The van der Waals surface area contributed by atoms with Crippen molar-refractivity contribution in [1.29, 1.82) is 0 Å². The quantitative estimate of drug-likeness (QED) is 0.617. The van der Waals surface area contributed by atoms with E-state index in [0.717, 1.165) is 18.5 Å². The Hall–Kier alpha value is -3.03. The number of amides is 1. The summed E-state index contributed by atoms with van der Waals surface area (Å²) < 4.78 is 5.84. The van der Waals surface area contributed by atoms with E-state index in [1.54, 1.807) is 24.0 Å². The molecule has 1 aromatic heterocycles. The first kappa shape index (κ1) is 17.8. The van der Waals surface area contributed by atoms with E-state index in [0.29, 0.717) is 30.1 Å². The predicted octanol–water partition coefficient (Wildman–Crippen LogP) is 2.69. The van der Waals surface area contributed by atoms with Crippen molar-refractivity contribution >= 4 is 11.6 Å². The highest BCUT2D eigenvalue weighted by atomic mass is 16.6. The highest BCUT2D eigenvalue weighted by molar-refractivity contribution is 5.96. The van der Waals surface area contributed by atoms with E-state index >= 15 is 0 Å². The fourth-order valence-electron chi connectivity index (χ4n) is 3.06. The lowest BCUT2D eigenvalue weighted by Gasteiger charge is -2.32. The molecule has 0 aliphatic carbocycles. The molecule has 8 nitrogen and oxygen atoms in total. The van der Waals surface area contributed by atoms with Gasteiger partial charge < -0.3 is 9.64 Å². The number of aryl methyl sites for hydroxylation is 1. The number of nitrogens with zero attached hydrogens (tertiary/aromatic N) is 4. The van der Waals surface area contributed by atoms with Crippen LogP contribution in [0.1, 0.15) is 34.5 Å². The summed E-state index contributed by atoms with van der Waals surface area (Å²) >= 11 is 0. The highest BCUT2D eigenvalue weighted by Gasteiger charge is 2.28. The first-order valence-electron chi connectivity index (χ1n) is 8.46. The smallest absolute Gasteiger partial charge is 0.273 e. The molecular weight excluding hydrogens is 336 g/mol. The topological polar surface area (TPSA) is 98.5 Å². The van der Waals surface area contributed by atoms with Crippen LogP contribution in [0, 0.1) is 24.0 Å². The van der Waals surface area contributed by atoms with Gasteiger partial charge in [-0.25, -0.2) is 0 Å². The Morgan fingerprint density at radius 2 is 2.08 bits per heavy atom. The van der Waals surface area contributed by atoms with Crippen LogP contribution in [0.25, 0.3) is 0 Å². The van der Waals surface area contributed by atoms with Crippen LogP contribution in [0.4, 0.5) is 5.69 Å². The van der Waals surface area contributed by atoms with E-state index < -0.39 is 4.92 Å². The van der Waals surface area contributed by atoms with E-state index in [1.807, 2.05) is 13.0 Å². The SMILES string of the molecule is Cc1ccc(OC2CCCN(C(=O)c3cccc([N+](=O)[O-])c3C)C2)nn1. The minimum atomic E-state index is -0.468. The second-order valence-corrected chi connectivity index (χ2v) is 6.35. The average Bonchev–Trinajstić information content (AvgIpc) is 2.63. The first-order chi connectivity index (χ1) is 12.5. The second kappa shape index (κ2) is 7.47. The van der Waals surface area contributed by atoms with Crippen molar-refractivity contribution in [3.05, 3.63) is 57.3 Å². The van der Waals surface area contributed by atoms with Crippen molar-refractivity contribution < 1.29 is 14.5 Å². The van der Waals surface area contributed by atoms with E-state index in [2.05, 4.69) is 10.2 Å². The van der Waals surface area contributed by atoms with Gasteiger partial charge in [0.2, 0.25) is 5.88 Å². The molecule has 0 N–H and O–H groups in total. The fourth-order valence-corrected chi connectivity index (χ4v) is 3.06. The van der Waals surface area contributed by atoms with Crippen LogP contribution in [0.15, 0.2) is 30.3 Å². The molecule has 1 aromatic carbocycles. The van der Waals surface area contributed by atoms with E-state index in [1.165, 1.54) is 12.1 Å². The molecule has 26 heavy (non-hydrogen) atoms. The van der Waals surface area contributed by atoms with Crippen molar-refractivity contribution in [3.8, 4) is 5.88 Å². The van der Waals surface area contributed by atoms with Gasteiger partial charge in [-0.1, -0.05) is 6.07 Å². The van der Waals surface area contributed by atoms with Crippen LogP contribution in [0.2, 0.25) is 0 Å². The molecule has 1 fully saturated rings. The van der Waals surface area contributed by atoms with Crippen LogP contribution in [-0.2, 0) is 0 Å². The Bertz CT molecular complexity index is 822. The maximum absolute atomic E-state index is 12.9. The molecule has 2 aromatic rings. The van der Waals surface area contributed by atoms with Gasteiger partial charge in [-0.05, 0) is 38.8 Å². The molecule has 1 unspecified atom stereocenters. The van der Waals surface area contributed by atoms with Gasteiger partial charge in [0, 0.05) is 29.8 Å². The average molecular weight is 356 g/mol. The van der Waals surface area contributed by atoms with Gasteiger partial charge in [0.1, 0.15) is 6.10 Å². The molecule has 1 aliphatic heterocycles. The lowest BCUT2D eigenvalue weighted by atomic mass is 10.0. The number of hydrogen-bond donors (Lipinski definition) is 0. The lowest BCUT2D eigenvalue weighted by Crippen LogP contribution is -2.44. The van der Waals surface area contributed by atoms with Gasteiger partial charge in [0.25, 0.3) is 11.6 Å². The van der Waals surface area contributed by atoms with Gasteiger partial charge in [0.05, 0.1) is 17.2 Å². The molecule has 1 saturated heterocycles. The van der Waals surface area contributed by atoms with Crippen molar-refractivity contribution in [3.63, 3.8) is 0 Å². The Kier molecular flexibility index (Phi) is 5.11. The summed E-state index contributed by atoms with van der Waals surface area (Å²) in [5, 5.41) is 19.1. The number of nitro benzene ring substituents is 1. The van der Waals surface area contributed by atoms with Gasteiger partial charge in [-0.2, -0.15) is 5.10 Å². The predicted molar refractivity (Wildman–Crippen MR) is 94.2 cm³/mol. The number of benzene rings is 1. The number of piperidine rings is 1. The molecule has 1 amide bonds. The van der Waals surface area contributed by atoms with Crippen molar-refractivity contribution in [2.75, 3.05) is 13.1 Å². The fraction of sp³-hybridized carbons (Fsp3) is 0.389. The Labute approximate surface area is 150 Å². The number of rotatable bonds is 4. The lowest BCUT2D eigenvalue weighted by molar-refractivity contribution is -0.385. The molecule has 2 heterocycles. The number of hydrogen-bond acceptors (Lipinski definition) is 6. The number of carbonyl (C=O) groups excluding carboxylic acids is 1. The third kappa shape index (κ3) is 3.79. The number of likely N-dealkylation sites (tertiary alicyclic amines) is 1. The summed E-state index contributed by atoms with van der Waals surface area (Å²) in [7, 11) is 0. The Morgan fingerprint density at radius 1 is 1.27 bits per heavy atom. The molecule has 0 spiro atoms.